The lowest BCUT2D eigenvalue weighted by Crippen LogP contribution is -2.47. The van der Waals surface area contributed by atoms with Gasteiger partial charge < -0.3 is 14.2 Å². The molecule has 4 heterocycles. The summed E-state index contributed by atoms with van der Waals surface area (Å²) in [4.78, 5) is 27.4. The highest BCUT2D eigenvalue weighted by Gasteiger charge is 2.45. The molecule has 3 aromatic rings. The minimum atomic E-state index is -0.571. The highest BCUT2D eigenvalue weighted by molar-refractivity contribution is 5.99. The van der Waals surface area contributed by atoms with Crippen molar-refractivity contribution in [3.63, 3.8) is 0 Å². The molecule has 2 aromatic heterocycles. The third-order valence-electron chi connectivity index (χ3n) is 5.70. The fraction of sp³-hybridized carbons (Fsp3) is 0.400. The summed E-state index contributed by atoms with van der Waals surface area (Å²) in [6, 6.07) is 9.48. The van der Waals surface area contributed by atoms with E-state index in [1.165, 1.54) is 10.9 Å². The molecule has 9 nitrogen and oxygen atoms in total. The molecule has 1 aromatic carbocycles. The predicted molar refractivity (Wildman–Crippen MR) is 102 cm³/mol. The van der Waals surface area contributed by atoms with E-state index in [0.717, 1.165) is 5.56 Å². The minimum absolute atomic E-state index is 0.125. The van der Waals surface area contributed by atoms with Gasteiger partial charge in [0.2, 0.25) is 0 Å². The third kappa shape index (κ3) is 2.89. The van der Waals surface area contributed by atoms with Crippen LogP contribution < -0.4 is 5.69 Å². The lowest BCUT2D eigenvalue weighted by Gasteiger charge is -2.33. The molecule has 5 rings (SSSR count). The Balaban J connectivity index is 1.38. The standard InChI is InChI=1S/C20H21N5O4/c1-2-25-19(27)24-13-20(28-11-16(24)21-25)8-9-23(12-20)18(26)15-10-29-22-17(15)14-6-4-3-5-7-14/h3-7,10H,2,8-9,11-13H2,1H3. The highest BCUT2D eigenvalue weighted by atomic mass is 16.5. The number of fused-ring (bicyclic) bond motifs is 1. The van der Waals surface area contributed by atoms with Crippen molar-refractivity contribution in [1.29, 1.82) is 0 Å². The first kappa shape index (κ1) is 17.9. The fourth-order valence-electron chi connectivity index (χ4n) is 4.14. The van der Waals surface area contributed by atoms with Gasteiger partial charge in [-0.05, 0) is 13.3 Å². The molecule has 150 valence electrons. The summed E-state index contributed by atoms with van der Waals surface area (Å²) in [5.41, 5.74) is 1.10. The van der Waals surface area contributed by atoms with Crippen LogP contribution in [0.2, 0.25) is 0 Å². The number of ether oxygens (including phenoxy) is 1. The average molecular weight is 395 g/mol. The summed E-state index contributed by atoms with van der Waals surface area (Å²) in [5.74, 6) is 0.491. The molecule has 1 atom stereocenters. The number of aryl methyl sites for hydroxylation is 1. The number of likely N-dealkylation sites (tertiary alicyclic amines) is 1. The molecular formula is C20H21N5O4. The molecule has 0 aliphatic carbocycles. The van der Waals surface area contributed by atoms with E-state index in [0.29, 0.717) is 49.7 Å². The second-order valence-corrected chi connectivity index (χ2v) is 7.49. The molecular weight excluding hydrogens is 374 g/mol. The molecule has 1 unspecified atom stereocenters. The number of rotatable bonds is 3. The van der Waals surface area contributed by atoms with E-state index in [1.54, 1.807) is 9.47 Å². The molecule has 2 aliphatic heterocycles. The third-order valence-corrected chi connectivity index (χ3v) is 5.70. The van der Waals surface area contributed by atoms with Crippen LogP contribution in [0.15, 0.2) is 45.9 Å². The Labute approximate surface area is 166 Å². The van der Waals surface area contributed by atoms with Crippen molar-refractivity contribution in [2.45, 2.75) is 38.6 Å². The number of carbonyl (C=O) groups excluding carboxylic acids is 1. The number of hydrogen-bond donors (Lipinski definition) is 0. The number of nitrogens with zero attached hydrogens (tertiary/aromatic N) is 5. The zero-order valence-electron chi connectivity index (χ0n) is 16.1. The SMILES string of the molecule is CCn1nc2n(c1=O)CC1(CCN(C(=O)c3conc3-c3ccccc3)C1)OC2. The molecule has 1 amide bonds. The Morgan fingerprint density at radius 1 is 1.24 bits per heavy atom. The Hall–Kier alpha value is -3.20. The van der Waals surface area contributed by atoms with Gasteiger partial charge in [0, 0.05) is 18.7 Å². The van der Waals surface area contributed by atoms with Gasteiger partial charge in [-0.15, -0.1) is 0 Å². The van der Waals surface area contributed by atoms with Crippen molar-refractivity contribution in [3.8, 4) is 11.3 Å². The van der Waals surface area contributed by atoms with Crippen molar-refractivity contribution in [2.24, 2.45) is 0 Å². The van der Waals surface area contributed by atoms with Gasteiger partial charge in [-0.2, -0.15) is 5.10 Å². The first-order valence-corrected chi connectivity index (χ1v) is 9.70. The van der Waals surface area contributed by atoms with Gasteiger partial charge in [-0.25, -0.2) is 9.48 Å². The molecule has 0 saturated carbocycles. The van der Waals surface area contributed by atoms with Crippen LogP contribution in [0.5, 0.6) is 0 Å². The second-order valence-electron chi connectivity index (χ2n) is 7.49. The number of hydrogen-bond acceptors (Lipinski definition) is 6. The summed E-state index contributed by atoms with van der Waals surface area (Å²) < 4.78 is 14.3. The lowest BCUT2D eigenvalue weighted by molar-refractivity contribution is -0.0816. The average Bonchev–Trinajstić information content (AvgIpc) is 3.47. The Morgan fingerprint density at radius 2 is 2.07 bits per heavy atom. The topological polar surface area (TPSA) is 95.4 Å². The maximum absolute atomic E-state index is 13.2. The lowest BCUT2D eigenvalue weighted by atomic mass is 10.0. The zero-order chi connectivity index (χ0) is 20.0. The van der Waals surface area contributed by atoms with Crippen molar-refractivity contribution in [1.82, 2.24) is 24.4 Å². The van der Waals surface area contributed by atoms with E-state index in [2.05, 4.69) is 10.3 Å². The van der Waals surface area contributed by atoms with Gasteiger partial charge in [0.05, 0.1) is 13.1 Å². The summed E-state index contributed by atoms with van der Waals surface area (Å²) in [7, 11) is 0. The molecule has 29 heavy (non-hydrogen) atoms. The quantitative estimate of drug-likeness (QED) is 0.668. The van der Waals surface area contributed by atoms with Crippen LogP contribution in [0.25, 0.3) is 11.3 Å². The van der Waals surface area contributed by atoms with E-state index >= 15 is 0 Å². The highest BCUT2D eigenvalue weighted by Crippen LogP contribution is 2.33. The van der Waals surface area contributed by atoms with E-state index < -0.39 is 5.60 Å². The first-order chi connectivity index (χ1) is 14.1. The summed E-state index contributed by atoms with van der Waals surface area (Å²) in [6.07, 6.45) is 2.05. The number of amides is 1. The number of benzene rings is 1. The van der Waals surface area contributed by atoms with E-state index in [9.17, 15) is 9.59 Å². The molecule has 2 aliphatic rings. The monoisotopic (exact) mass is 395 g/mol. The van der Waals surface area contributed by atoms with Gasteiger partial charge in [-0.3, -0.25) is 9.36 Å². The van der Waals surface area contributed by atoms with Gasteiger partial charge >= 0.3 is 5.69 Å². The van der Waals surface area contributed by atoms with Crippen LogP contribution >= 0.6 is 0 Å². The molecule has 0 bridgehead atoms. The number of aromatic nitrogens is 4. The maximum Gasteiger partial charge on any atom is 0.346 e. The second kappa shape index (κ2) is 6.70. The molecule has 1 spiro atoms. The minimum Gasteiger partial charge on any atom is -0.363 e. The van der Waals surface area contributed by atoms with Crippen LogP contribution in [0.3, 0.4) is 0 Å². The maximum atomic E-state index is 13.2. The predicted octanol–water partition coefficient (Wildman–Crippen LogP) is 1.53. The molecule has 0 radical (unpaired) electrons. The Kier molecular flexibility index (Phi) is 4.13. The van der Waals surface area contributed by atoms with Gasteiger partial charge in [0.1, 0.15) is 29.7 Å². The van der Waals surface area contributed by atoms with Gasteiger partial charge in [0.25, 0.3) is 5.91 Å². The van der Waals surface area contributed by atoms with Crippen LogP contribution in [-0.2, 0) is 24.4 Å². The van der Waals surface area contributed by atoms with Crippen molar-refractivity contribution in [3.05, 3.63) is 58.5 Å². The smallest absolute Gasteiger partial charge is 0.346 e. The van der Waals surface area contributed by atoms with Crippen LogP contribution in [0.1, 0.15) is 29.5 Å². The largest absolute Gasteiger partial charge is 0.363 e. The van der Waals surface area contributed by atoms with Crippen molar-refractivity contribution in [2.75, 3.05) is 13.1 Å². The van der Waals surface area contributed by atoms with E-state index in [1.807, 2.05) is 37.3 Å². The number of carbonyl (C=O) groups is 1. The first-order valence-electron chi connectivity index (χ1n) is 9.70. The van der Waals surface area contributed by atoms with Crippen molar-refractivity contribution >= 4 is 5.91 Å². The summed E-state index contributed by atoms with van der Waals surface area (Å²) in [5, 5.41) is 8.33. The van der Waals surface area contributed by atoms with Crippen LogP contribution in [0, 0.1) is 0 Å². The van der Waals surface area contributed by atoms with Gasteiger partial charge in [-0.1, -0.05) is 35.5 Å². The molecule has 0 N–H and O–H groups in total. The summed E-state index contributed by atoms with van der Waals surface area (Å²) >= 11 is 0. The van der Waals surface area contributed by atoms with Crippen molar-refractivity contribution < 1.29 is 14.1 Å². The molecule has 1 saturated heterocycles. The van der Waals surface area contributed by atoms with E-state index in [-0.39, 0.29) is 18.2 Å². The Morgan fingerprint density at radius 3 is 2.86 bits per heavy atom. The fourth-order valence-corrected chi connectivity index (χ4v) is 4.14. The molecule has 9 heteroatoms. The molecule has 1 fully saturated rings. The van der Waals surface area contributed by atoms with E-state index in [4.69, 9.17) is 9.26 Å². The summed E-state index contributed by atoms with van der Waals surface area (Å²) in [6.45, 7) is 4.04. The van der Waals surface area contributed by atoms with Crippen LogP contribution in [-0.4, -0.2) is 49.0 Å². The van der Waals surface area contributed by atoms with Crippen LogP contribution in [0.4, 0.5) is 0 Å². The zero-order valence-corrected chi connectivity index (χ0v) is 16.1. The van der Waals surface area contributed by atoms with Gasteiger partial charge in [0.15, 0.2) is 5.82 Å². The Bertz CT molecular complexity index is 1120. The normalized spacial score (nSPS) is 20.9.